The van der Waals surface area contributed by atoms with Gasteiger partial charge < -0.3 is 25.5 Å². The molecular weight excluding hydrogens is 464 g/mol. The van der Waals surface area contributed by atoms with Crippen molar-refractivity contribution in [2.24, 2.45) is 0 Å². The summed E-state index contributed by atoms with van der Waals surface area (Å²) in [4.78, 5) is 57.2. The number of aryl methyl sites for hydroxylation is 1. The summed E-state index contributed by atoms with van der Waals surface area (Å²) in [5.41, 5.74) is 0.355. The average Bonchev–Trinajstić information content (AvgIpc) is 3.02. The molecule has 12 heteroatoms. The molecule has 3 N–H and O–H groups in total. The smallest absolute Gasteiger partial charge is 0.312 e. The van der Waals surface area contributed by atoms with Crippen LogP contribution in [0.2, 0.25) is 5.02 Å². The Balaban J connectivity index is 1.95. The summed E-state index contributed by atoms with van der Waals surface area (Å²) in [6.45, 7) is 2.68. The normalized spacial score (nSPS) is 15.1. The number of carbonyl (C=O) groups is 3. The third kappa shape index (κ3) is 5.05. The van der Waals surface area contributed by atoms with Crippen LogP contribution in [-0.4, -0.2) is 76.4 Å². The van der Waals surface area contributed by atoms with Crippen molar-refractivity contribution in [3.8, 4) is 5.75 Å². The second-order valence-corrected chi connectivity index (χ2v) is 8.63. The van der Waals surface area contributed by atoms with Crippen LogP contribution in [0.15, 0.2) is 23.0 Å². The van der Waals surface area contributed by atoms with Gasteiger partial charge in [0.1, 0.15) is 11.9 Å². The number of aromatic hydroxyl groups is 1. The molecule has 11 nitrogen and oxygen atoms in total. The summed E-state index contributed by atoms with van der Waals surface area (Å²) in [7, 11) is 4.33. The van der Waals surface area contributed by atoms with E-state index in [-0.39, 0.29) is 25.5 Å². The number of carbonyl (C=O) groups excluding carboxylic acids is 3. The fourth-order valence-corrected chi connectivity index (χ4v) is 3.72. The molecule has 2 heterocycles. The van der Waals surface area contributed by atoms with Crippen molar-refractivity contribution in [1.29, 1.82) is 0 Å². The number of nitrogens with one attached hydrogen (secondary N) is 2. The lowest BCUT2D eigenvalue weighted by molar-refractivity contribution is -0.150. The monoisotopic (exact) mass is 490 g/mol. The number of nitrogens with zero attached hydrogens (tertiary/aromatic N) is 4. The highest BCUT2D eigenvalue weighted by Crippen LogP contribution is 2.22. The molecule has 2 aromatic rings. The zero-order valence-corrected chi connectivity index (χ0v) is 20.1. The molecule has 1 aliphatic rings. The Morgan fingerprint density at radius 3 is 2.62 bits per heavy atom. The topological polar surface area (TPSA) is 137 Å². The first kappa shape index (κ1) is 25.2. The molecule has 1 aromatic heterocycles. The van der Waals surface area contributed by atoms with Crippen molar-refractivity contribution in [3.05, 3.63) is 56.2 Å². The fraction of sp³-hybridized carbons (Fsp3) is 0.409. The van der Waals surface area contributed by atoms with Crippen molar-refractivity contribution in [2.75, 3.05) is 34.2 Å². The Bertz CT molecular complexity index is 1200. The van der Waals surface area contributed by atoms with E-state index >= 15 is 0 Å². The average molecular weight is 491 g/mol. The van der Waals surface area contributed by atoms with Gasteiger partial charge in [-0.05, 0) is 24.1 Å². The number of amides is 3. The zero-order valence-electron chi connectivity index (χ0n) is 19.4. The number of rotatable bonds is 4. The second-order valence-electron chi connectivity index (χ2n) is 8.23. The van der Waals surface area contributed by atoms with Gasteiger partial charge in [-0.15, -0.1) is 0 Å². The SMILES string of the molecule is Cc1ccc(CNC(=O)c2nc3n(c(=O)c2O)CCNCC3N(C)C(=O)C(=O)N(C)C)cc1Cl. The van der Waals surface area contributed by atoms with Crippen LogP contribution < -0.4 is 16.2 Å². The van der Waals surface area contributed by atoms with Gasteiger partial charge in [0, 0.05) is 52.3 Å². The van der Waals surface area contributed by atoms with E-state index in [1.54, 1.807) is 12.1 Å². The van der Waals surface area contributed by atoms with E-state index < -0.39 is 40.8 Å². The highest BCUT2D eigenvalue weighted by atomic mass is 35.5. The molecular formula is C22H27ClN6O5. The summed E-state index contributed by atoms with van der Waals surface area (Å²) < 4.78 is 1.21. The van der Waals surface area contributed by atoms with E-state index in [0.717, 1.165) is 16.0 Å². The third-order valence-electron chi connectivity index (χ3n) is 5.60. The van der Waals surface area contributed by atoms with Crippen LogP contribution in [0.25, 0.3) is 0 Å². The summed E-state index contributed by atoms with van der Waals surface area (Å²) in [5.74, 6) is -2.99. The van der Waals surface area contributed by atoms with E-state index in [2.05, 4.69) is 15.6 Å². The van der Waals surface area contributed by atoms with Gasteiger partial charge in [-0.1, -0.05) is 23.7 Å². The van der Waals surface area contributed by atoms with E-state index in [9.17, 15) is 24.3 Å². The first-order chi connectivity index (χ1) is 16.0. The van der Waals surface area contributed by atoms with Gasteiger partial charge in [0.05, 0.1) is 0 Å². The molecule has 0 radical (unpaired) electrons. The summed E-state index contributed by atoms with van der Waals surface area (Å²) in [5, 5.41) is 16.7. The fourth-order valence-electron chi connectivity index (χ4n) is 3.52. The largest absolute Gasteiger partial charge is 0.501 e. The maximum atomic E-state index is 12.9. The molecule has 0 spiro atoms. The predicted molar refractivity (Wildman–Crippen MR) is 125 cm³/mol. The number of aromatic nitrogens is 2. The van der Waals surface area contributed by atoms with E-state index in [0.29, 0.717) is 11.6 Å². The number of hydrogen-bond acceptors (Lipinski definition) is 7. The first-order valence-electron chi connectivity index (χ1n) is 10.6. The van der Waals surface area contributed by atoms with Gasteiger partial charge in [-0.2, -0.15) is 0 Å². The van der Waals surface area contributed by atoms with E-state index in [4.69, 9.17) is 11.6 Å². The van der Waals surface area contributed by atoms with Crippen LogP contribution in [0.1, 0.15) is 33.5 Å². The quantitative estimate of drug-likeness (QED) is 0.514. The van der Waals surface area contributed by atoms with Gasteiger partial charge in [-0.3, -0.25) is 23.7 Å². The maximum Gasteiger partial charge on any atom is 0.312 e. The van der Waals surface area contributed by atoms with Crippen LogP contribution in [0.3, 0.4) is 0 Å². The molecule has 0 bridgehead atoms. The molecule has 1 aliphatic heterocycles. The highest BCUT2D eigenvalue weighted by molar-refractivity contribution is 6.34. The Hall–Kier alpha value is -3.44. The zero-order chi connectivity index (χ0) is 25.2. The minimum Gasteiger partial charge on any atom is -0.501 e. The third-order valence-corrected chi connectivity index (χ3v) is 6.01. The number of halogens is 1. The van der Waals surface area contributed by atoms with Crippen LogP contribution in [0.5, 0.6) is 5.75 Å². The number of fused-ring (bicyclic) bond motifs is 1. The molecule has 34 heavy (non-hydrogen) atoms. The lowest BCUT2D eigenvalue weighted by atomic mass is 10.1. The maximum absolute atomic E-state index is 12.9. The van der Waals surface area contributed by atoms with Gasteiger partial charge in [-0.25, -0.2) is 4.98 Å². The van der Waals surface area contributed by atoms with Crippen molar-refractivity contribution in [1.82, 2.24) is 30.0 Å². The molecule has 182 valence electrons. The van der Waals surface area contributed by atoms with Crippen molar-refractivity contribution < 1.29 is 19.5 Å². The lowest BCUT2D eigenvalue weighted by Crippen LogP contribution is -2.45. The van der Waals surface area contributed by atoms with Gasteiger partial charge in [0.2, 0.25) is 5.75 Å². The Morgan fingerprint density at radius 1 is 1.26 bits per heavy atom. The van der Waals surface area contributed by atoms with Crippen molar-refractivity contribution in [2.45, 2.75) is 26.1 Å². The number of benzene rings is 1. The van der Waals surface area contributed by atoms with Crippen LogP contribution >= 0.6 is 11.6 Å². The predicted octanol–water partition coefficient (Wildman–Crippen LogP) is 0.0316. The molecule has 1 unspecified atom stereocenters. The van der Waals surface area contributed by atoms with Gasteiger partial charge >= 0.3 is 11.8 Å². The van der Waals surface area contributed by atoms with Crippen LogP contribution in [0.4, 0.5) is 0 Å². The number of hydrogen-bond donors (Lipinski definition) is 3. The summed E-state index contributed by atoms with van der Waals surface area (Å²) in [6.07, 6.45) is 0. The van der Waals surface area contributed by atoms with Gasteiger partial charge in [0.25, 0.3) is 11.5 Å². The second kappa shape index (κ2) is 10.2. The minimum absolute atomic E-state index is 0.0961. The lowest BCUT2D eigenvalue weighted by Gasteiger charge is -2.28. The Kier molecular flexibility index (Phi) is 7.57. The van der Waals surface area contributed by atoms with E-state index in [1.807, 2.05) is 13.0 Å². The number of likely N-dealkylation sites (N-methyl/N-ethyl adjacent to an activating group) is 2. The highest BCUT2D eigenvalue weighted by Gasteiger charge is 2.33. The van der Waals surface area contributed by atoms with Crippen LogP contribution in [0, 0.1) is 6.92 Å². The molecule has 0 saturated carbocycles. The summed E-state index contributed by atoms with van der Waals surface area (Å²) >= 11 is 6.13. The molecule has 0 saturated heterocycles. The Labute approximate surface area is 201 Å². The minimum atomic E-state index is -0.824. The molecule has 0 fully saturated rings. The van der Waals surface area contributed by atoms with Crippen molar-refractivity contribution in [3.63, 3.8) is 0 Å². The Morgan fingerprint density at radius 2 is 1.97 bits per heavy atom. The molecule has 1 aromatic carbocycles. The van der Waals surface area contributed by atoms with E-state index in [1.165, 1.54) is 30.6 Å². The first-order valence-corrected chi connectivity index (χ1v) is 11.0. The molecule has 3 rings (SSSR count). The van der Waals surface area contributed by atoms with Gasteiger partial charge in [0.15, 0.2) is 5.69 Å². The molecule has 3 amide bonds. The molecule has 0 aliphatic carbocycles. The van der Waals surface area contributed by atoms with Crippen molar-refractivity contribution >= 4 is 29.3 Å². The molecule has 1 atom stereocenters. The standard InChI is InChI=1S/C22H27ClN6O5/c1-12-5-6-13(9-14(12)23)10-25-19(31)16-17(30)20(32)29-8-7-24-11-15(18(29)26-16)28(4)22(34)21(33)27(2)3/h5-6,9,15,24,30H,7-8,10-11H2,1-4H3,(H,25,31). The summed E-state index contributed by atoms with van der Waals surface area (Å²) in [6, 6.07) is 4.49. The van der Waals surface area contributed by atoms with Crippen LogP contribution in [-0.2, 0) is 22.7 Å².